The highest BCUT2D eigenvalue weighted by molar-refractivity contribution is 9.10. The maximum absolute atomic E-state index is 12.4. The maximum atomic E-state index is 12.4. The molecule has 3 aromatic rings. The number of hydrazone groups is 1. The van der Waals surface area contributed by atoms with Gasteiger partial charge in [-0.25, -0.2) is 10.2 Å². The lowest BCUT2D eigenvalue weighted by molar-refractivity contribution is -0.123. The van der Waals surface area contributed by atoms with Crippen LogP contribution in [0.15, 0.2) is 70.2 Å². The third-order valence-corrected chi connectivity index (χ3v) is 5.33. The summed E-state index contributed by atoms with van der Waals surface area (Å²) in [5, 5.41) is 3.96. The molecule has 0 aromatic heterocycles. The van der Waals surface area contributed by atoms with Crippen LogP contribution in [0.5, 0.6) is 17.2 Å². The number of hydrogen-bond acceptors (Lipinski definition) is 6. The van der Waals surface area contributed by atoms with E-state index in [1.807, 2.05) is 39.0 Å². The number of nitrogens with one attached hydrogen (secondary N) is 1. The molecule has 0 unspecified atom stereocenters. The Labute approximate surface area is 206 Å². The third-order valence-electron chi connectivity index (χ3n) is 4.80. The minimum absolute atomic E-state index is 0.158. The van der Waals surface area contributed by atoms with Crippen LogP contribution in [-0.4, -0.2) is 31.3 Å². The van der Waals surface area contributed by atoms with Gasteiger partial charge in [-0.05, 0) is 92.1 Å². The molecule has 3 aromatic carbocycles. The van der Waals surface area contributed by atoms with Gasteiger partial charge in [-0.1, -0.05) is 22.0 Å². The van der Waals surface area contributed by atoms with Gasteiger partial charge in [-0.2, -0.15) is 5.10 Å². The predicted octanol–water partition coefficient (Wildman–Crippen LogP) is 5.21. The molecular weight excluding hydrogens is 500 g/mol. The fraction of sp³-hybridized carbons (Fsp3) is 0.192. The standard InChI is InChI=1S/C26H25BrN2O5/c1-4-32-24-14-19(6-12-23(24)34-26(31)20-7-9-21(27)10-8-20)15-28-29-25(30)16-33-22-11-5-17(2)18(3)13-22/h5-15H,4,16H2,1-3H3,(H,29,30)/b28-15-. The summed E-state index contributed by atoms with van der Waals surface area (Å²) in [6.07, 6.45) is 1.47. The van der Waals surface area contributed by atoms with E-state index >= 15 is 0 Å². The topological polar surface area (TPSA) is 86.2 Å². The van der Waals surface area contributed by atoms with Crippen LogP contribution in [0, 0.1) is 13.8 Å². The Balaban J connectivity index is 1.59. The van der Waals surface area contributed by atoms with E-state index in [2.05, 4.69) is 26.5 Å². The Hall–Kier alpha value is -3.65. The Bertz CT molecular complexity index is 1190. The van der Waals surface area contributed by atoms with Gasteiger partial charge in [-0.15, -0.1) is 0 Å². The largest absolute Gasteiger partial charge is 0.490 e. The quantitative estimate of drug-likeness (QED) is 0.179. The molecule has 0 atom stereocenters. The Morgan fingerprint density at radius 1 is 0.941 bits per heavy atom. The van der Waals surface area contributed by atoms with Crippen molar-refractivity contribution in [3.63, 3.8) is 0 Å². The molecule has 0 spiro atoms. The first-order valence-electron chi connectivity index (χ1n) is 10.6. The highest BCUT2D eigenvalue weighted by atomic mass is 79.9. The molecule has 0 aliphatic rings. The molecule has 34 heavy (non-hydrogen) atoms. The molecule has 8 heteroatoms. The highest BCUT2D eigenvalue weighted by Gasteiger charge is 2.13. The number of hydrogen-bond donors (Lipinski definition) is 1. The number of aryl methyl sites for hydroxylation is 2. The molecule has 0 saturated heterocycles. The summed E-state index contributed by atoms with van der Waals surface area (Å²) in [5.74, 6) is 0.418. The van der Waals surface area contributed by atoms with Crippen LogP contribution in [0.3, 0.4) is 0 Å². The van der Waals surface area contributed by atoms with Crippen molar-refractivity contribution < 1.29 is 23.8 Å². The molecule has 0 radical (unpaired) electrons. The maximum Gasteiger partial charge on any atom is 0.343 e. The Kier molecular flexibility index (Phi) is 8.81. The molecule has 0 aliphatic heterocycles. The summed E-state index contributed by atoms with van der Waals surface area (Å²) in [6.45, 7) is 6.05. The highest BCUT2D eigenvalue weighted by Crippen LogP contribution is 2.29. The molecule has 3 rings (SSSR count). The molecule has 1 amide bonds. The summed E-state index contributed by atoms with van der Waals surface area (Å²) >= 11 is 3.34. The van der Waals surface area contributed by atoms with Gasteiger partial charge in [0.1, 0.15) is 5.75 Å². The van der Waals surface area contributed by atoms with Gasteiger partial charge in [0.25, 0.3) is 5.91 Å². The van der Waals surface area contributed by atoms with Gasteiger partial charge in [0.05, 0.1) is 18.4 Å². The molecule has 1 N–H and O–H groups in total. The fourth-order valence-corrected chi connectivity index (χ4v) is 3.13. The van der Waals surface area contributed by atoms with Crippen molar-refractivity contribution in [2.45, 2.75) is 20.8 Å². The first kappa shape index (κ1) is 25.0. The van der Waals surface area contributed by atoms with E-state index in [9.17, 15) is 9.59 Å². The summed E-state index contributed by atoms with van der Waals surface area (Å²) < 4.78 is 17.5. The average molecular weight is 525 g/mol. The van der Waals surface area contributed by atoms with Crippen molar-refractivity contribution in [3.8, 4) is 17.2 Å². The number of carbonyl (C=O) groups is 2. The lowest BCUT2D eigenvalue weighted by atomic mass is 10.1. The number of benzene rings is 3. The molecule has 0 saturated carbocycles. The minimum Gasteiger partial charge on any atom is -0.490 e. The minimum atomic E-state index is -0.495. The fourth-order valence-electron chi connectivity index (χ4n) is 2.87. The zero-order valence-corrected chi connectivity index (χ0v) is 20.7. The Morgan fingerprint density at radius 3 is 2.41 bits per heavy atom. The van der Waals surface area contributed by atoms with Crippen molar-refractivity contribution in [1.29, 1.82) is 0 Å². The monoisotopic (exact) mass is 524 g/mol. The summed E-state index contributed by atoms with van der Waals surface area (Å²) in [6, 6.07) is 17.5. The molecule has 0 heterocycles. The van der Waals surface area contributed by atoms with E-state index in [-0.39, 0.29) is 18.3 Å². The molecule has 0 aliphatic carbocycles. The van der Waals surface area contributed by atoms with Crippen LogP contribution < -0.4 is 19.6 Å². The van der Waals surface area contributed by atoms with Crippen LogP contribution in [0.4, 0.5) is 0 Å². The molecular formula is C26H25BrN2O5. The van der Waals surface area contributed by atoms with Crippen LogP contribution in [0.1, 0.15) is 34.0 Å². The van der Waals surface area contributed by atoms with Crippen LogP contribution in [-0.2, 0) is 4.79 Å². The predicted molar refractivity (Wildman–Crippen MR) is 134 cm³/mol. The second-order valence-electron chi connectivity index (χ2n) is 7.36. The van der Waals surface area contributed by atoms with Gasteiger partial charge in [0, 0.05) is 4.47 Å². The summed E-state index contributed by atoms with van der Waals surface area (Å²) in [4.78, 5) is 24.5. The van der Waals surface area contributed by atoms with Gasteiger partial charge in [-0.3, -0.25) is 4.79 Å². The number of nitrogens with zero attached hydrogens (tertiary/aromatic N) is 1. The third kappa shape index (κ3) is 7.18. The molecule has 176 valence electrons. The van der Waals surface area contributed by atoms with Crippen LogP contribution >= 0.6 is 15.9 Å². The molecule has 0 bridgehead atoms. The number of carbonyl (C=O) groups excluding carboxylic acids is 2. The zero-order chi connectivity index (χ0) is 24.5. The molecule has 7 nitrogen and oxygen atoms in total. The van der Waals surface area contributed by atoms with Crippen molar-refractivity contribution in [3.05, 3.63) is 87.4 Å². The zero-order valence-electron chi connectivity index (χ0n) is 19.1. The smallest absolute Gasteiger partial charge is 0.343 e. The van der Waals surface area contributed by atoms with Gasteiger partial charge in [0.2, 0.25) is 0 Å². The van der Waals surface area contributed by atoms with Crippen LogP contribution in [0.2, 0.25) is 0 Å². The summed E-state index contributed by atoms with van der Waals surface area (Å²) in [7, 11) is 0. The first-order chi connectivity index (χ1) is 16.4. The van der Waals surface area contributed by atoms with E-state index in [1.54, 1.807) is 42.5 Å². The lowest BCUT2D eigenvalue weighted by Crippen LogP contribution is -2.24. The van der Waals surface area contributed by atoms with Gasteiger partial charge >= 0.3 is 5.97 Å². The lowest BCUT2D eigenvalue weighted by Gasteiger charge is -2.11. The van der Waals surface area contributed by atoms with E-state index in [1.165, 1.54) is 6.21 Å². The van der Waals surface area contributed by atoms with Crippen molar-refractivity contribution in [2.75, 3.05) is 13.2 Å². The number of ether oxygens (including phenoxy) is 3. The van der Waals surface area contributed by atoms with Gasteiger partial charge < -0.3 is 14.2 Å². The number of esters is 1. The SMILES string of the molecule is CCOc1cc(/C=N\NC(=O)COc2ccc(C)c(C)c2)ccc1OC(=O)c1ccc(Br)cc1. The van der Waals surface area contributed by atoms with Gasteiger partial charge in [0.15, 0.2) is 18.1 Å². The van der Waals surface area contributed by atoms with Crippen molar-refractivity contribution in [1.82, 2.24) is 5.43 Å². The number of rotatable bonds is 9. The van der Waals surface area contributed by atoms with Crippen molar-refractivity contribution in [2.24, 2.45) is 5.10 Å². The van der Waals surface area contributed by atoms with E-state index in [0.29, 0.717) is 29.2 Å². The summed E-state index contributed by atoms with van der Waals surface area (Å²) in [5.41, 5.74) is 5.74. The van der Waals surface area contributed by atoms with E-state index in [4.69, 9.17) is 14.2 Å². The molecule has 0 fully saturated rings. The number of halogens is 1. The Morgan fingerprint density at radius 2 is 1.71 bits per heavy atom. The normalized spacial score (nSPS) is 10.7. The van der Waals surface area contributed by atoms with E-state index < -0.39 is 5.97 Å². The average Bonchev–Trinajstić information content (AvgIpc) is 2.82. The second kappa shape index (κ2) is 12.0. The van der Waals surface area contributed by atoms with Crippen molar-refractivity contribution >= 4 is 34.0 Å². The van der Waals surface area contributed by atoms with Crippen LogP contribution in [0.25, 0.3) is 0 Å². The van der Waals surface area contributed by atoms with E-state index in [0.717, 1.165) is 15.6 Å². The second-order valence-corrected chi connectivity index (χ2v) is 8.28. The first-order valence-corrected chi connectivity index (χ1v) is 11.4. The number of amides is 1.